The molecule has 114 valence electrons. The summed E-state index contributed by atoms with van der Waals surface area (Å²) in [5.74, 6) is 0.632. The third kappa shape index (κ3) is 3.19. The molecule has 5 nitrogen and oxygen atoms in total. The molecule has 1 aromatic rings. The van der Waals surface area contributed by atoms with Crippen LogP contribution in [0.3, 0.4) is 0 Å². The van der Waals surface area contributed by atoms with Crippen LogP contribution in [0.4, 0.5) is 0 Å². The van der Waals surface area contributed by atoms with Crippen molar-refractivity contribution in [1.29, 1.82) is 0 Å². The van der Waals surface area contributed by atoms with Gasteiger partial charge in [0.05, 0.1) is 25.3 Å². The minimum atomic E-state index is 0.214. The van der Waals surface area contributed by atoms with Crippen molar-refractivity contribution in [3.05, 3.63) is 35.4 Å². The Labute approximate surface area is 125 Å². The van der Waals surface area contributed by atoms with E-state index in [0.29, 0.717) is 12.6 Å². The predicted molar refractivity (Wildman–Crippen MR) is 82.1 cm³/mol. The lowest BCUT2D eigenvalue weighted by Gasteiger charge is -2.29. The number of rotatable bonds is 5. The second-order valence-electron chi connectivity index (χ2n) is 5.68. The third-order valence-electron chi connectivity index (χ3n) is 4.17. The molecule has 0 aromatic heterocycles. The van der Waals surface area contributed by atoms with E-state index >= 15 is 0 Å². The van der Waals surface area contributed by atoms with Crippen LogP contribution in [-0.4, -0.2) is 43.8 Å². The number of aliphatic imine (C=N–C) groups is 1. The summed E-state index contributed by atoms with van der Waals surface area (Å²) in [6.07, 6.45) is 2.53. The van der Waals surface area contributed by atoms with E-state index in [2.05, 4.69) is 34.2 Å². The summed E-state index contributed by atoms with van der Waals surface area (Å²) in [5, 5.41) is 0. The fourth-order valence-corrected chi connectivity index (χ4v) is 3.10. The van der Waals surface area contributed by atoms with E-state index in [4.69, 9.17) is 15.2 Å². The van der Waals surface area contributed by atoms with E-state index in [1.165, 1.54) is 11.1 Å². The van der Waals surface area contributed by atoms with E-state index in [0.717, 1.165) is 32.5 Å². The van der Waals surface area contributed by atoms with E-state index in [9.17, 15) is 0 Å². The van der Waals surface area contributed by atoms with Crippen LogP contribution in [0.25, 0.3) is 0 Å². The van der Waals surface area contributed by atoms with Crippen LogP contribution >= 0.6 is 0 Å². The summed E-state index contributed by atoms with van der Waals surface area (Å²) in [6, 6.07) is 8.69. The summed E-state index contributed by atoms with van der Waals surface area (Å²) >= 11 is 0. The standard InChI is InChI=1S/C16H23N3O2/c1-20-11-12-4-2-5-13(8-12)15-9-18-16(17)19(15)10-14-6-3-7-21-14/h2,4-5,8,14-15H,3,6-7,9-11H2,1H3,(H2,17,18). The first-order valence-corrected chi connectivity index (χ1v) is 7.54. The van der Waals surface area contributed by atoms with Crippen LogP contribution < -0.4 is 5.73 Å². The van der Waals surface area contributed by atoms with Gasteiger partial charge < -0.3 is 20.1 Å². The van der Waals surface area contributed by atoms with Gasteiger partial charge in [-0.3, -0.25) is 4.99 Å². The second kappa shape index (κ2) is 6.45. The molecule has 2 N–H and O–H groups in total. The van der Waals surface area contributed by atoms with Gasteiger partial charge in [0.25, 0.3) is 0 Å². The number of nitrogens with zero attached hydrogens (tertiary/aromatic N) is 2. The molecule has 2 aliphatic rings. The maximum atomic E-state index is 6.08. The van der Waals surface area contributed by atoms with Crippen LogP contribution in [0.15, 0.2) is 29.3 Å². The molecular weight excluding hydrogens is 266 g/mol. The molecule has 2 atom stereocenters. The Morgan fingerprint density at radius 2 is 2.38 bits per heavy atom. The van der Waals surface area contributed by atoms with E-state index in [-0.39, 0.29) is 12.1 Å². The minimum Gasteiger partial charge on any atom is -0.380 e. The Kier molecular flexibility index (Phi) is 4.41. The first kappa shape index (κ1) is 14.4. The Morgan fingerprint density at radius 3 is 3.14 bits per heavy atom. The maximum absolute atomic E-state index is 6.08. The highest BCUT2D eigenvalue weighted by molar-refractivity contribution is 5.80. The van der Waals surface area contributed by atoms with Crippen LogP contribution in [0.1, 0.15) is 30.0 Å². The number of ether oxygens (including phenoxy) is 2. The monoisotopic (exact) mass is 289 g/mol. The van der Waals surface area contributed by atoms with Crippen LogP contribution in [0, 0.1) is 0 Å². The molecule has 2 aliphatic heterocycles. The lowest BCUT2D eigenvalue weighted by atomic mass is 10.0. The number of hydrogen-bond acceptors (Lipinski definition) is 5. The molecule has 0 aliphatic carbocycles. The van der Waals surface area contributed by atoms with Crippen LogP contribution in [0.2, 0.25) is 0 Å². The highest BCUT2D eigenvalue weighted by atomic mass is 16.5. The van der Waals surface area contributed by atoms with Gasteiger partial charge in [0.15, 0.2) is 5.96 Å². The van der Waals surface area contributed by atoms with E-state index in [1.54, 1.807) is 7.11 Å². The molecule has 3 rings (SSSR count). The summed E-state index contributed by atoms with van der Waals surface area (Å²) in [4.78, 5) is 6.61. The first-order chi connectivity index (χ1) is 10.3. The van der Waals surface area contributed by atoms with Gasteiger partial charge in [-0.05, 0) is 24.0 Å². The first-order valence-electron chi connectivity index (χ1n) is 7.54. The SMILES string of the molecule is COCc1cccc(C2CN=C(N)N2CC2CCCO2)c1. The van der Waals surface area contributed by atoms with Gasteiger partial charge in [-0.2, -0.15) is 0 Å². The smallest absolute Gasteiger partial charge is 0.192 e. The van der Waals surface area contributed by atoms with E-state index in [1.807, 2.05) is 0 Å². The van der Waals surface area contributed by atoms with Crippen molar-refractivity contribution < 1.29 is 9.47 Å². The molecule has 0 saturated carbocycles. The largest absolute Gasteiger partial charge is 0.380 e. The quantitative estimate of drug-likeness (QED) is 0.896. The summed E-state index contributed by atoms with van der Waals surface area (Å²) in [7, 11) is 1.72. The number of hydrogen-bond donors (Lipinski definition) is 1. The molecule has 0 spiro atoms. The Bertz CT molecular complexity index is 512. The van der Waals surface area contributed by atoms with Crippen molar-refractivity contribution >= 4 is 5.96 Å². The number of methoxy groups -OCH3 is 1. The van der Waals surface area contributed by atoms with Gasteiger partial charge in [-0.15, -0.1) is 0 Å². The van der Waals surface area contributed by atoms with Gasteiger partial charge in [-0.1, -0.05) is 24.3 Å². The summed E-state index contributed by atoms with van der Waals surface area (Å²) in [5.41, 5.74) is 8.50. The topological polar surface area (TPSA) is 60.1 Å². The minimum absolute atomic E-state index is 0.214. The van der Waals surface area contributed by atoms with Crippen molar-refractivity contribution in [3.8, 4) is 0 Å². The van der Waals surface area contributed by atoms with Gasteiger partial charge >= 0.3 is 0 Å². The number of guanidine groups is 1. The van der Waals surface area contributed by atoms with Crippen molar-refractivity contribution in [2.24, 2.45) is 10.7 Å². The van der Waals surface area contributed by atoms with Crippen molar-refractivity contribution in [3.63, 3.8) is 0 Å². The lowest BCUT2D eigenvalue weighted by Crippen LogP contribution is -2.41. The fraction of sp³-hybridized carbons (Fsp3) is 0.562. The molecule has 1 saturated heterocycles. The zero-order valence-corrected chi connectivity index (χ0v) is 12.5. The molecular formula is C16H23N3O2. The molecule has 0 radical (unpaired) electrons. The normalized spacial score (nSPS) is 25.4. The Morgan fingerprint density at radius 1 is 1.48 bits per heavy atom. The van der Waals surface area contributed by atoms with Crippen molar-refractivity contribution in [2.45, 2.75) is 31.6 Å². The second-order valence-corrected chi connectivity index (χ2v) is 5.68. The van der Waals surface area contributed by atoms with Crippen LogP contribution in [0.5, 0.6) is 0 Å². The van der Waals surface area contributed by atoms with Gasteiger partial charge in [-0.25, -0.2) is 0 Å². The molecule has 2 unspecified atom stereocenters. The Balaban J connectivity index is 1.75. The summed E-state index contributed by atoms with van der Waals surface area (Å²) in [6.45, 7) is 3.04. The van der Waals surface area contributed by atoms with Gasteiger partial charge in [0, 0.05) is 20.3 Å². The van der Waals surface area contributed by atoms with Gasteiger partial charge in [0.2, 0.25) is 0 Å². The zero-order chi connectivity index (χ0) is 14.7. The van der Waals surface area contributed by atoms with Gasteiger partial charge in [0.1, 0.15) is 0 Å². The average Bonchev–Trinajstić information content (AvgIpc) is 3.11. The maximum Gasteiger partial charge on any atom is 0.192 e. The molecule has 0 bridgehead atoms. The van der Waals surface area contributed by atoms with Crippen LogP contribution in [-0.2, 0) is 16.1 Å². The van der Waals surface area contributed by atoms with E-state index < -0.39 is 0 Å². The summed E-state index contributed by atoms with van der Waals surface area (Å²) < 4.78 is 11.0. The molecule has 21 heavy (non-hydrogen) atoms. The third-order valence-corrected chi connectivity index (χ3v) is 4.17. The lowest BCUT2D eigenvalue weighted by molar-refractivity contribution is 0.0852. The number of benzene rings is 1. The number of nitrogens with two attached hydrogens (primary N) is 1. The van der Waals surface area contributed by atoms with Crippen molar-refractivity contribution in [2.75, 3.05) is 26.8 Å². The molecule has 2 heterocycles. The fourth-order valence-electron chi connectivity index (χ4n) is 3.10. The molecule has 1 aromatic carbocycles. The zero-order valence-electron chi connectivity index (χ0n) is 12.5. The highest BCUT2D eigenvalue weighted by Gasteiger charge is 2.30. The average molecular weight is 289 g/mol. The highest BCUT2D eigenvalue weighted by Crippen LogP contribution is 2.28. The molecule has 0 amide bonds. The van der Waals surface area contributed by atoms with Crippen molar-refractivity contribution in [1.82, 2.24) is 4.90 Å². The Hall–Kier alpha value is -1.59. The predicted octanol–water partition coefficient (Wildman–Crippen LogP) is 1.68. The molecule has 1 fully saturated rings. The molecule has 5 heteroatoms.